The molecule has 0 bridgehead atoms. The van der Waals surface area contributed by atoms with Crippen LogP contribution >= 0.6 is 0 Å². The second-order valence-corrected chi connectivity index (χ2v) is 3.37. The maximum Gasteiger partial charge on any atom is 0.0515 e. The van der Waals surface area contributed by atoms with Gasteiger partial charge in [0.2, 0.25) is 0 Å². The summed E-state index contributed by atoms with van der Waals surface area (Å²) in [6.45, 7) is 3.91. The molecule has 0 heterocycles. The summed E-state index contributed by atoms with van der Waals surface area (Å²) in [5, 5.41) is 9.07. The zero-order valence-corrected chi connectivity index (χ0v) is 7.75. The highest BCUT2D eigenvalue weighted by Gasteiger charge is 1.96. The Morgan fingerprint density at radius 1 is 1.25 bits per heavy atom. The Balaban J connectivity index is 2.48. The van der Waals surface area contributed by atoms with Crippen LogP contribution in [0.3, 0.4) is 0 Å². The molecular weight excluding hydrogens is 148 g/mol. The van der Waals surface area contributed by atoms with Gasteiger partial charge in [-0.1, -0.05) is 29.8 Å². The van der Waals surface area contributed by atoms with Crippen molar-refractivity contribution in [2.24, 2.45) is 0 Å². The summed E-state index contributed by atoms with van der Waals surface area (Å²) in [4.78, 5) is 0. The molecule has 0 aliphatic heterocycles. The summed E-state index contributed by atoms with van der Waals surface area (Å²) >= 11 is 0. The van der Waals surface area contributed by atoms with Crippen molar-refractivity contribution in [3.63, 3.8) is 0 Å². The topological polar surface area (TPSA) is 20.2 Å². The maximum atomic E-state index is 9.07. The Kier molecular flexibility index (Phi) is 3.30. The van der Waals surface area contributed by atoms with Gasteiger partial charge in [0.15, 0.2) is 0 Å². The third-order valence-corrected chi connectivity index (χ3v) is 1.97. The van der Waals surface area contributed by atoms with Crippen molar-refractivity contribution in [3.05, 3.63) is 35.4 Å². The molecule has 1 N–H and O–H groups in total. The van der Waals surface area contributed by atoms with E-state index in [0.717, 1.165) is 12.8 Å². The van der Waals surface area contributed by atoms with Crippen LogP contribution in [0.25, 0.3) is 0 Å². The molecule has 1 aromatic carbocycles. The summed E-state index contributed by atoms with van der Waals surface area (Å²) in [7, 11) is 0. The Hall–Kier alpha value is -0.820. The molecule has 0 saturated heterocycles. The number of benzene rings is 1. The predicted molar refractivity (Wildman–Crippen MR) is 51.2 cm³/mol. The van der Waals surface area contributed by atoms with Crippen molar-refractivity contribution in [2.75, 3.05) is 0 Å². The van der Waals surface area contributed by atoms with Crippen molar-refractivity contribution in [1.82, 2.24) is 0 Å². The lowest BCUT2D eigenvalue weighted by Gasteiger charge is -2.03. The predicted octanol–water partition coefficient (Wildman–Crippen LogP) is 2.31. The largest absolute Gasteiger partial charge is 0.393 e. The number of aliphatic hydroxyl groups is 1. The average Bonchev–Trinajstić information content (AvgIpc) is 2.03. The molecule has 1 atom stereocenters. The lowest BCUT2D eigenvalue weighted by atomic mass is 10.1. The monoisotopic (exact) mass is 164 g/mol. The standard InChI is InChI=1S/C11H16O/c1-9-3-6-11(7-4-9)8-5-10(2)12/h3-4,6-7,10,12H,5,8H2,1-2H3. The van der Waals surface area contributed by atoms with Crippen LogP contribution in [0.1, 0.15) is 24.5 Å². The van der Waals surface area contributed by atoms with Gasteiger partial charge in [-0.05, 0) is 32.3 Å². The highest BCUT2D eigenvalue weighted by molar-refractivity contribution is 5.21. The molecule has 0 amide bonds. The molecule has 1 nitrogen and oxygen atoms in total. The van der Waals surface area contributed by atoms with Gasteiger partial charge in [-0.2, -0.15) is 0 Å². The molecule has 0 aromatic heterocycles. The van der Waals surface area contributed by atoms with Gasteiger partial charge in [0.1, 0.15) is 0 Å². The zero-order valence-electron chi connectivity index (χ0n) is 7.75. The first-order valence-electron chi connectivity index (χ1n) is 4.42. The summed E-state index contributed by atoms with van der Waals surface area (Å²) < 4.78 is 0. The van der Waals surface area contributed by atoms with Gasteiger partial charge in [0, 0.05) is 0 Å². The Labute approximate surface area is 74.1 Å². The fourth-order valence-corrected chi connectivity index (χ4v) is 1.13. The van der Waals surface area contributed by atoms with E-state index in [-0.39, 0.29) is 6.10 Å². The van der Waals surface area contributed by atoms with Crippen molar-refractivity contribution in [1.29, 1.82) is 0 Å². The van der Waals surface area contributed by atoms with Gasteiger partial charge in [0.05, 0.1) is 6.10 Å². The van der Waals surface area contributed by atoms with Crippen LogP contribution in [0.4, 0.5) is 0 Å². The minimum absolute atomic E-state index is 0.189. The van der Waals surface area contributed by atoms with Crippen LogP contribution in [0.2, 0.25) is 0 Å². The molecule has 12 heavy (non-hydrogen) atoms. The van der Waals surface area contributed by atoms with E-state index in [9.17, 15) is 0 Å². The van der Waals surface area contributed by atoms with Crippen LogP contribution in [-0.4, -0.2) is 11.2 Å². The first-order valence-corrected chi connectivity index (χ1v) is 4.42. The van der Waals surface area contributed by atoms with Crippen molar-refractivity contribution < 1.29 is 5.11 Å². The first kappa shape index (κ1) is 9.27. The van der Waals surface area contributed by atoms with E-state index < -0.39 is 0 Å². The van der Waals surface area contributed by atoms with Crippen molar-refractivity contribution in [2.45, 2.75) is 32.8 Å². The van der Waals surface area contributed by atoms with Crippen LogP contribution in [-0.2, 0) is 6.42 Å². The second kappa shape index (κ2) is 4.27. The fourth-order valence-electron chi connectivity index (χ4n) is 1.13. The molecule has 0 fully saturated rings. The molecular formula is C11H16O. The van der Waals surface area contributed by atoms with Gasteiger partial charge in [-0.25, -0.2) is 0 Å². The molecule has 1 aromatic rings. The molecule has 0 spiro atoms. The molecule has 0 aliphatic carbocycles. The molecule has 0 aliphatic rings. The van der Waals surface area contributed by atoms with Crippen LogP contribution in [0.15, 0.2) is 24.3 Å². The van der Waals surface area contributed by atoms with E-state index in [4.69, 9.17) is 5.11 Å². The molecule has 66 valence electrons. The van der Waals surface area contributed by atoms with E-state index in [1.54, 1.807) is 0 Å². The van der Waals surface area contributed by atoms with Gasteiger partial charge in [-0.3, -0.25) is 0 Å². The number of rotatable bonds is 3. The average molecular weight is 164 g/mol. The van der Waals surface area contributed by atoms with E-state index in [1.165, 1.54) is 11.1 Å². The third-order valence-electron chi connectivity index (χ3n) is 1.97. The Morgan fingerprint density at radius 2 is 1.83 bits per heavy atom. The number of aliphatic hydroxyl groups excluding tert-OH is 1. The SMILES string of the molecule is Cc1ccc(CCC(C)O)cc1. The van der Waals surface area contributed by atoms with E-state index >= 15 is 0 Å². The lowest BCUT2D eigenvalue weighted by molar-refractivity contribution is 0.185. The summed E-state index contributed by atoms with van der Waals surface area (Å²) in [5.41, 5.74) is 2.59. The number of hydrogen-bond donors (Lipinski definition) is 1. The Bertz CT molecular complexity index is 223. The summed E-state index contributed by atoms with van der Waals surface area (Å²) in [6, 6.07) is 8.46. The molecule has 1 heteroatoms. The van der Waals surface area contributed by atoms with E-state index in [0.29, 0.717) is 0 Å². The smallest absolute Gasteiger partial charge is 0.0515 e. The second-order valence-electron chi connectivity index (χ2n) is 3.37. The van der Waals surface area contributed by atoms with Crippen LogP contribution in [0.5, 0.6) is 0 Å². The Morgan fingerprint density at radius 3 is 2.33 bits per heavy atom. The first-order chi connectivity index (χ1) is 5.68. The maximum absolute atomic E-state index is 9.07. The van der Waals surface area contributed by atoms with Crippen LogP contribution < -0.4 is 0 Å². The van der Waals surface area contributed by atoms with Crippen molar-refractivity contribution in [3.8, 4) is 0 Å². The number of hydrogen-bond acceptors (Lipinski definition) is 1. The number of aryl methyl sites for hydroxylation is 2. The zero-order chi connectivity index (χ0) is 8.97. The summed E-state index contributed by atoms with van der Waals surface area (Å²) in [5.74, 6) is 0. The van der Waals surface area contributed by atoms with Gasteiger partial charge in [-0.15, -0.1) is 0 Å². The quantitative estimate of drug-likeness (QED) is 0.726. The van der Waals surface area contributed by atoms with Gasteiger partial charge in [0.25, 0.3) is 0 Å². The normalized spacial score (nSPS) is 12.9. The van der Waals surface area contributed by atoms with Crippen LogP contribution in [0, 0.1) is 6.92 Å². The third kappa shape index (κ3) is 3.05. The minimum Gasteiger partial charge on any atom is -0.393 e. The minimum atomic E-state index is -0.189. The summed E-state index contributed by atoms with van der Waals surface area (Å²) in [6.07, 6.45) is 1.63. The highest BCUT2D eigenvalue weighted by atomic mass is 16.3. The molecule has 0 saturated carbocycles. The van der Waals surface area contributed by atoms with Gasteiger partial charge >= 0.3 is 0 Å². The molecule has 0 radical (unpaired) electrons. The molecule has 1 unspecified atom stereocenters. The van der Waals surface area contributed by atoms with Crippen molar-refractivity contribution >= 4 is 0 Å². The molecule has 1 rings (SSSR count). The van der Waals surface area contributed by atoms with Gasteiger partial charge < -0.3 is 5.11 Å². The highest BCUT2D eigenvalue weighted by Crippen LogP contribution is 2.06. The van der Waals surface area contributed by atoms with E-state index in [2.05, 4.69) is 31.2 Å². The lowest BCUT2D eigenvalue weighted by Crippen LogP contribution is -2.01. The van der Waals surface area contributed by atoms with E-state index in [1.807, 2.05) is 6.92 Å². The fraction of sp³-hybridized carbons (Fsp3) is 0.455.